The molecule has 0 radical (unpaired) electrons. The van der Waals surface area contributed by atoms with E-state index in [-0.39, 0.29) is 35.7 Å². The number of carbonyl (C=O) groups excluding carboxylic acids is 1. The normalized spacial score (nSPS) is 20.4. The Bertz CT molecular complexity index is 612. The van der Waals surface area contributed by atoms with Crippen LogP contribution in [0.3, 0.4) is 0 Å². The maximum atomic E-state index is 12.6. The predicted octanol–water partition coefficient (Wildman–Crippen LogP) is -0.470. The minimum Gasteiger partial charge on any atom is -0.469 e. The van der Waals surface area contributed by atoms with E-state index in [4.69, 9.17) is 4.74 Å². The number of methoxy groups -OCH3 is 1. The maximum Gasteiger partial charge on any atom is 0.308 e. The van der Waals surface area contributed by atoms with Crippen LogP contribution in [0, 0.1) is 0 Å². The molecule has 1 aromatic rings. The lowest BCUT2D eigenvalue weighted by Crippen LogP contribution is -2.46. The minimum absolute atomic E-state index is 0.00727. The lowest BCUT2D eigenvalue weighted by molar-refractivity contribution is -0.145. The molecule has 1 aromatic heterocycles. The molecule has 1 atom stereocenters. The Morgan fingerprint density at radius 2 is 2.29 bits per heavy atom. The van der Waals surface area contributed by atoms with Gasteiger partial charge in [0.1, 0.15) is 0 Å². The largest absolute Gasteiger partial charge is 0.469 e. The van der Waals surface area contributed by atoms with E-state index in [0.717, 1.165) is 0 Å². The van der Waals surface area contributed by atoms with E-state index in [9.17, 15) is 13.2 Å². The van der Waals surface area contributed by atoms with Crippen molar-refractivity contribution in [3.05, 3.63) is 4.60 Å². The van der Waals surface area contributed by atoms with Crippen LogP contribution in [0.4, 0.5) is 0 Å². The van der Waals surface area contributed by atoms with Crippen molar-refractivity contribution < 1.29 is 22.7 Å². The molecule has 1 aliphatic heterocycles. The molecular formula is C10H15BrN4O5S. The van der Waals surface area contributed by atoms with Gasteiger partial charge in [-0.25, -0.2) is 13.1 Å². The van der Waals surface area contributed by atoms with Gasteiger partial charge in [-0.15, -0.1) is 5.10 Å². The summed E-state index contributed by atoms with van der Waals surface area (Å²) in [5, 5.41) is 7.32. The Hall–Kier alpha value is -1.04. The Morgan fingerprint density at radius 3 is 2.86 bits per heavy atom. The van der Waals surface area contributed by atoms with E-state index in [2.05, 4.69) is 31.0 Å². The quantitative estimate of drug-likeness (QED) is 0.648. The van der Waals surface area contributed by atoms with E-state index >= 15 is 0 Å². The number of hydrogen-bond donors (Lipinski definition) is 0. The average Bonchev–Trinajstić information content (AvgIpc) is 2.78. The van der Waals surface area contributed by atoms with Gasteiger partial charge >= 0.3 is 5.97 Å². The van der Waals surface area contributed by atoms with Crippen molar-refractivity contribution in [2.45, 2.75) is 17.6 Å². The third-order valence-corrected chi connectivity index (χ3v) is 5.80. The first-order chi connectivity index (χ1) is 9.86. The highest BCUT2D eigenvalue weighted by atomic mass is 79.9. The number of ether oxygens (including phenoxy) is 2. The minimum atomic E-state index is -3.76. The van der Waals surface area contributed by atoms with Gasteiger partial charge < -0.3 is 9.47 Å². The van der Waals surface area contributed by atoms with E-state index < -0.39 is 22.1 Å². The molecule has 0 amide bonds. The zero-order chi connectivity index (χ0) is 15.6. The Morgan fingerprint density at radius 1 is 1.57 bits per heavy atom. The Kier molecular flexibility index (Phi) is 4.96. The monoisotopic (exact) mass is 382 g/mol. The molecule has 118 valence electrons. The molecule has 2 heterocycles. The van der Waals surface area contributed by atoms with Crippen LogP contribution < -0.4 is 0 Å². The number of aromatic nitrogens is 3. The Balaban J connectivity index is 2.19. The molecule has 11 heteroatoms. The van der Waals surface area contributed by atoms with Crippen LogP contribution in [0.25, 0.3) is 0 Å². The van der Waals surface area contributed by atoms with Gasteiger partial charge in [-0.3, -0.25) is 4.79 Å². The maximum absolute atomic E-state index is 12.6. The summed E-state index contributed by atoms with van der Waals surface area (Å²) < 4.78 is 37.8. The molecule has 1 fully saturated rings. The van der Waals surface area contributed by atoms with Gasteiger partial charge in [0, 0.05) is 20.1 Å². The van der Waals surface area contributed by atoms with Gasteiger partial charge in [0.2, 0.25) is 5.03 Å². The molecule has 9 nitrogen and oxygen atoms in total. The SMILES string of the molecule is COC(=O)CC1CN(S(=O)(=O)c2c(Br)nnn2C)CCO1. The number of hydrogen-bond acceptors (Lipinski definition) is 7. The molecule has 0 N–H and O–H groups in total. The summed E-state index contributed by atoms with van der Waals surface area (Å²) in [5.74, 6) is -0.442. The summed E-state index contributed by atoms with van der Waals surface area (Å²) >= 11 is 3.08. The summed E-state index contributed by atoms with van der Waals surface area (Å²) in [6.07, 6.45) is -0.520. The molecule has 1 saturated heterocycles. The molecule has 1 aliphatic rings. The standard InChI is InChI=1S/C10H15BrN4O5S/c1-14-10(9(11)12-13-14)21(17,18)15-3-4-20-7(6-15)5-8(16)19-2/h7H,3-6H2,1-2H3. The number of morpholine rings is 1. The molecule has 0 aromatic carbocycles. The van der Waals surface area contributed by atoms with Crippen molar-refractivity contribution in [2.24, 2.45) is 7.05 Å². The van der Waals surface area contributed by atoms with E-state index in [1.165, 1.54) is 23.1 Å². The number of halogens is 1. The van der Waals surface area contributed by atoms with Crippen LogP contribution in [0.5, 0.6) is 0 Å². The third kappa shape index (κ3) is 3.42. The van der Waals surface area contributed by atoms with E-state index in [1.54, 1.807) is 0 Å². The molecule has 0 saturated carbocycles. The molecule has 2 rings (SSSR count). The molecule has 0 spiro atoms. The van der Waals surface area contributed by atoms with E-state index in [1.807, 2.05) is 0 Å². The van der Waals surface area contributed by atoms with Crippen molar-refractivity contribution in [1.29, 1.82) is 0 Å². The van der Waals surface area contributed by atoms with E-state index in [0.29, 0.717) is 0 Å². The van der Waals surface area contributed by atoms with Gasteiger partial charge in [0.05, 0.1) is 26.2 Å². The lowest BCUT2D eigenvalue weighted by Gasteiger charge is -2.31. The van der Waals surface area contributed by atoms with Crippen LogP contribution >= 0.6 is 15.9 Å². The summed E-state index contributed by atoms with van der Waals surface area (Å²) in [7, 11) is -0.990. The second-order valence-electron chi connectivity index (χ2n) is 4.45. The summed E-state index contributed by atoms with van der Waals surface area (Å²) in [6, 6.07) is 0. The topological polar surface area (TPSA) is 104 Å². The number of rotatable bonds is 4. The van der Waals surface area contributed by atoms with Crippen molar-refractivity contribution in [3.63, 3.8) is 0 Å². The highest BCUT2D eigenvalue weighted by molar-refractivity contribution is 9.10. The van der Waals surface area contributed by atoms with Crippen molar-refractivity contribution >= 4 is 31.9 Å². The first-order valence-corrected chi connectivity index (χ1v) is 8.33. The van der Waals surface area contributed by atoms with Crippen molar-refractivity contribution in [2.75, 3.05) is 26.8 Å². The fraction of sp³-hybridized carbons (Fsp3) is 0.700. The number of aryl methyl sites for hydroxylation is 1. The van der Waals surface area contributed by atoms with Crippen LogP contribution in [0.1, 0.15) is 6.42 Å². The molecule has 0 bridgehead atoms. The highest BCUT2D eigenvalue weighted by Crippen LogP contribution is 2.24. The second kappa shape index (κ2) is 6.38. The van der Waals surface area contributed by atoms with Gasteiger partial charge in [-0.2, -0.15) is 4.31 Å². The van der Waals surface area contributed by atoms with Crippen molar-refractivity contribution in [3.8, 4) is 0 Å². The second-order valence-corrected chi connectivity index (χ2v) is 7.05. The highest BCUT2D eigenvalue weighted by Gasteiger charge is 2.35. The van der Waals surface area contributed by atoms with Crippen molar-refractivity contribution in [1.82, 2.24) is 19.3 Å². The van der Waals surface area contributed by atoms with Crippen LogP contribution in [-0.4, -0.2) is 66.6 Å². The zero-order valence-corrected chi connectivity index (χ0v) is 13.9. The van der Waals surface area contributed by atoms with Gasteiger partial charge in [-0.05, 0) is 15.9 Å². The molecule has 0 aliphatic carbocycles. The van der Waals surface area contributed by atoms with Gasteiger partial charge in [0.25, 0.3) is 10.0 Å². The number of carbonyl (C=O) groups is 1. The first-order valence-electron chi connectivity index (χ1n) is 6.10. The zero-order valence-electron chi connectivity index (χ0n) is 11.5. The smallest absolute Gasteiger partial charge is 0.308 e. The predicted molar refractivity (Wildman–Crippen MR) is 73.8 cm³/mol. The Labute approximate surface area is 130 Å². The van der Waals surface area contributed by atoms with Crippen LogP contribution in [0.15, 0.2) is 9.63 Å². The number of sulfonamides is 1. The summed E-state index contributed by atoms with van der Waals surface area (Å²) in [5.41, 5.74) is 0. The molecule has 21 heavy (non-hydrogen) atoms. The summed E-state index contributed by atoms with van der Waals surface area (Å²) in [4.78, 5) is 11.3. The lowest BCUT2D eigenvalue weighted by atomic mass is 10.2. The molecular weight excluding hydrogens is 368 g/mol. The molecule has 1 unspecified atom stereocenters. The summed E-state index contributed by atoms with van der Waals surface area (Å²) in [6.45, 7) is 0.496. The van der Waals surface area contributed by atoms with Crippen LogP contribution in [0.2, 0.25) is 0 Å². The fourth-order valence-electron chi connectivity index (χ4n) is 2.02. The fourth-order valence-corrected chi connectivity index (χ4v) is 4.51. The van der Waals surface area contributed by atoms with Crippen LogP contribution in [-0.2, 0) is 31.3 Å². The van der Waals surface area contributed by atoms with Gasteiger partial charge in [-0.1, -0.05) is 5.21 Å². The number of esters is 1. The number of nitrogens with zero attached hydrogens (tertiary/aromatic N) is 4. The van der Waals surface area contributed by atoms with Gasteiger partial charge in [0.15, 0.2) is 4.60 Å². The third-order valence-electron chi connectivity index (χ3n) is 3.04. The first kappa shape index (κ1) is 16.3. The average molecular weight is 383 g/mol.